The van der Waals surface area contributed by atoms with E-state index in [1.54, 1.807) is 24.3 Å². The van der Waals surface area contributed by atoms with Crippen molar-refractivity contribution in [3.8, 4) is 28.4 Å². The third-order valence-electron chi connectivity index (χ3n) is 6.68. The van der Waals surface area contributed by atoms with Crippen molar-refractivity contribution in [3.05, 3.63) is 114 Å². The molecule has 4 rings (SSSR count). The maximum atomic E-state index is 12.6. The third kappa shape index (κ3) is 10.4. The van der Waals surface area contributed by atoms with E-state index in [4.69, 9.17) is 24.0 Å². The maximum absolute atomic E-state index is 12.6. The first-order chi connectivity index (χ1) is 20.6. The van der Waals surface area contributed by atoms with Gasteiger partial charge in [-0.1, -0.05) is 73.9 Å². The molecule has 6 nitrogen and oxygen atoms in total. The third-order valence-corrected chi connectivity index (χ3v) is 6.68. The van der Waals surface area contributed by atoms with Crippen LogP contribution in [0.4, 0.5) is 0 Å². The Balaban J connectivity index is 1.16. The van der Waals surface area contributed by atoms with Crippen LogP contribution in [0.5, 0.6) is 17.2 Å². The van der Waals surface area contributed by atoms with Crippen LogP contribution in [0.1, 0.15) is 60.5 Å². The van der Waals surface area contributed by atoms with Crippen LogP contribution in [0, 0.1) is 6.92 Å². The fourth-order valence-corrected chi connectivity index (χ4v) is 4.16. The molecule has 0 aromatic heterocycles. The number of rotatable bonds is 17. The zero-order valence-electron chi connectivity index (χ0n) is 24.6. The molecule has 220 valence electrons. The topological polar surface area (TPSA) is 63.2 Å². The van der Waals surface area contributed by atoms with Crippen LogP contribution in [-0.2, 0) is 16.4 Å². The number of unbranched alkanes of at least 4 members (excludes halogenated alkanes) is 3. The molecule has 4 aromatic rings. The fraction of sp³-hybridized carbons (Fsp3) is 0.306. The Hall–Kier alpha value is -4.13. The lowest BCUT2D eigenvalue weighted by molar-refractivity contribution is -0.304. The van der Waals surface area contributed by atoms with Gasteiger partial charge in [0.25, 0.3) is 0 Å². The zero-order valence-corrected chi connectivity index (χ0v) is 24.6. The standard InChI is InChI=1S/C36H40O6/c1-3-4-5-26-40-41-27-29-10-12-32(13-11-29)36(37)42-35-22-16-31(17-23-35)30-14-20-34(21-15-30)39-25-7-6-24-38-33-18-8-28(2)9-19-33/h8-23H,3-7,24-27H2,1-2H3. The van der Waals surface area contributed by atoms with Crippen molar-refractivity contribution in [2.75, 3.05) is 19.8 Å². The minimum atomic E-state index is -0.408. The van der Waals surface area contributed by atoms with E-state index in [0.717, 1.165) is 60.3 Å². The van der Waals surface area contributed by atoms with E-state index in [9.17, 15) is 4.79 Å². The van der Waals surface area contributed by atoms with Crippen molar-refractivity contribution in [1.82, 2.24) is 0 Å². The van der Waals surface area contributed by atoms with Crippen LogP contribution >= 0.6 is 0 Å². The molecule has 0 fully saturated rings. The summed E-state index contributed by atoms with van der Waals surface area (Å²) in [5, 5.41) is 0. The van der Waals surface area contributed by atoms with Crippen molar-refractivity contribution >= 4 is 5.97 Å². The second-order valence-electron chi connectivity index (χ2n) is 10.1. The molecule has 0 unspecified atom stereocenters. The van der Waals surface area contributed by atoms with Gasteiger partial charge in [-0.05, 0) is 91.4 Å². The molecule has 0 spiro atoms. The molecule has 0 atom stereocenters. The number of hydrogen-bond acceptors (Lipinski definition) is 6. The van der Waals surface area contributed by atoms with Gasteiger partial charge >= 0.3 is 5.97 Å². The van der Waals surface area contributed by atoms with Gasteiger partial charge in [-0.2, -0.15) is 0 Å². The second-order valence-corrected chi connectivity index (χ2v) is 10.1. The number of aryl methyl sites for hydroxylation is 1. The normalized spacial score (nSPS) is 10.8. The first kappa shape index (κ1) is 30.8. The first-order valence-electron chi connectivity index (χ1n) is 14.7. The molecule has 6 heteroatoms. The van der Waals surface area contributed by atoms with Gasteiger partial charge in [0.2, 0.25) is 0 Å². The summed E-state index contributed by atoms with van der Waals surface area (Å²) in [6.45, 7) is 6.44. The summed E-state index contributed by atoms with van der Waals surface area (Å²) in [6, 6.07) is 30.7. The Bertz CT molecular complexity index is 1330. The van der Waals surface area contributed by atoms with Crippen LogP contribution in [0.2, 0.25) is 0 Å². The van der Waals surface area contributed by atoms with Crippen molar-refractivity contribution in [2.24, 2.45) is 0 Å². The fourth-order valence-electron chi connectivity index (χ4n) is 4.16. The first-order valence-corrected chi connectivity index (χ1v) is 14.7. The second kappa shape index (κ2) is 17.0. The minimum Gasteiger partial charge on any atom is -0.494 e. The summed E-state index contributed by atoms with van der Waals surface area (Å²) >= 11 is 0. The van der Waals surface area contributed by atoms with Gasteiger partial charge in [-0.25, -0.2) is 14.6 Å². The quantitative estimate of drug-likeness (QED) is 0.0417. The lowest BCUT2D eigenvalue weighted by Gasteiger charge is -2.09. The summed E-state index contributed by atoms with van der Waals surface area (Å²) in [5.74, 6) is 1.82. The molecule has 0 amide bonds. The molecule has 0 N–H and O–H groups in total. The number of carbonyl (C=O) groups excluding carboxylic acids is 1. The highest BCUT2D eigenvalue weighted by atomic mass is 17.2. The molecule has 0 saturated heterocycles. The Labute approximate surface area is 249 Å². The van der Waals surface area contributed by atoms with Crippen molar-refractivity contribution in [2.45, 2.75) is 52.6 Å². The number of hydrogen-bond donors (Lipinski definition) is 0. The Kier molecular flexibility index (Phi) is 12.5. The molecule has 0 radical (unpaired) electrons. The van der Waals surface area contributed by atoms with Crippen LogP contribution in [-0.4, -0.2) is 25.8 Å². The molecule has 0 aliphatic heterocycles. The van der Waals surface area contributed by atoms with Crippen LogP contribution in [0.25, 0.3) is 11.1 Å². The highest BCUT2D eigenvalue weighted by molar-refractivity contribution is 5.91. The average molecular weight is 569 g/mol. The number of benzene rings is 4. The maximum Gasteiger partial charge on any atom is 0.343 e. The van der Waals surface area contributed by atoms with Crippen molar-refractivity contribution in [3.63, 3.8) is 0 Å². The Morgan fingerprint density at radius 3 is 1.67 bits per heavy atom. The van der Waals surface area contributed by atoms with E-state index in [-0.39, 0.29) is 0 Å². The molecule has 0 bridgehead atoms. The van der Waals surface area contributed by atoms with E-state index in [1.165, 1.54) is 5.56 Å². The number of carbonyl (C=O) groups is 1. The average Bonchev–Trinajstić information content (AvgIpc) is 3.02. The Morgan fingerprint density at radius 1 is 0.571 bits per heavy atom. The van der Waals surface area contributed by atoms with Gasteiger partial charge in [0.05, 0.1) is 25.4 Å². The van der Waals surface area contributed by atoms with E-state index in [0.29, 0.717) is 37.7 Å². The predicted octanol–water partition coefficient (Wildman–Crippen LogP) is 8.76. The molecule has 0 heterocycles. The van der Waals surface area contributed by atoms with E-state index < -0.39 is 5.97 Å². The van der Waals surface area contributed by atoms with Gasteiger partial charge in [0.1, 0.15) is 23.9 Å². The molecule has 0 aliphatic carbocycles. The van der Waals surface area contributed by atoms with Crippen molar-refractivity contribution < 1.29 is 28.8 Å². The predicted molar refractivity (Wildman–Crippen MR) is 165 cm³/mol. The monoisotopic (exact) mass is 568 g/mol. The highest BCUT2D eigenvalue weighted by Gasteiger charge is 2.09. The van der Waals surface area contributed by atoms with E-state index in [2.05, 4.69) is 26.0 Å². The van der Waals surface area contributed by atoms with Gasteiger partial charge in [0, 0.05) is 0 Å². The largest absolute Gasteiger partial charge is 0.494 e. The van der Waals surface area contributed by atoms with Gasteiger partial charge < -0.3 is 14.2 Å². The Morgan fingerprint density at radius 2 is 1.10 bits per heavy atom. The smallest absolute Gasteiger partial charge is 0.343 e. The SMILES string of the molecule is CCCCCOOCc1ccc(C(=O)Oc2ccc(-c3ccc(OCCCCOc4ccc(C)cc4)cc3)cc2)cc1. The summed E-state index contributed by atoms with van der Waals surface area (Å²) in [6.07, 6.45) is 5.09. The number of ether oxygens (including phenoxy) is 3. The van der Waals surface area contributed by atoms with Gasteiger partial charge in [0.15, 0.2) is 0 Å². The van der Waals surface area contributed by atoms with E-state index in [1.807, 2.05) is 60.7 Å². The number of esters is 1. The summed E-state index contributed by atoms with van der Waals surface area (Å²) in [7, 11) is 0. The van der Waals surface area contributed by atoms with Crippen LogP contribution in [0.15, 0.2) is 97.1 Å². The van der Waals surface area contributed by atoms with Gasteiger partial charge in [-0.3, -0.25) is 0 Å². The lowest BCUT2D eigenvalue weighted by Crippen LogP contribution is -2.08. The summed E-state index contributed by atoms with van der Waals surface area (Å²) < 4.78 is 17.2. The highest BCUT2D eigenvalue weighted by Crippen LogP contribution is 2.25. The molecular formula is C36H40O6. The molecule has 42 heavy (non-hydrogen) atoms. The van der Waals surface area contributed by atoms with E-state index >= 15 is 0 Å². The zero-order chi connectivity index (χ0) is 29.4. The van der Waals surface area contributed by atoms with Crippen molar-refractivity contribution in [1.29, 1.82) is 0 Å². The minimum absolute atomic E-state index is 0.334. The molecule has 4 aromatic carbocycles. The molecule has 0 saturated carbocycles. The van der Waals surface area contributed by atoms with Gasteiger partial charge in [-0.15, -0.1) is 0 Å². The molecular weight excluding hydrogens is 528 g/mol. The molecule has 0 aliphatic rings. The lowest BCUT2D eigenvalue weighted by atomic mass is 10.1. The summed E-state index contributed by atoms with van der Waals surface area (Å²) in [5.41, 5.74) is 4.70. The summed E-state index contributed by atoms with van der Waals surface area (Å²) in [4.78, 5) is 23.0. The van der Waals surface area contributed by atoms with Crippen LogP contribution < -0.4 is 14.2 Å². The van der Waals surface area contributed by atoms with Crippen LogP contribution in [0.3, 0.4) is 0 Å².